The molecule has 1 aliphatic rings. The molecule has 0 bridgehead atoms. The van der Waals surface area contributed by atoms with E-state index in [1.54, 1.807) is 0 Å². The summed E-state index contributed by atoms with van der Waals surface area (Å²) < 4.78 is 1.18. The van der Waals surface area contributed by atoms with Crippen molar-refractivity contribution in [2.45, 2.75) is 19.4 Å². The highest BCUT2D eigenvalue weighted by atomic mass is 79.9. The van der Waals surface area contributed by atoms with E-state index in [1.807, 2.05) is 0 Å². The quantitative estimate of drug-likeness (QED) is 0.917. The molecule has 0 aromatic heterocycles. The van der Waals surface area contributed by atoms with Crippen molar-refractivity contribution >= 4 is 15.9 Å². The average Bonchev–Trinajstić information content (AvgIpc) is 2.31. The van der Waals surface area contributed by atoms with E-state index in [9.17, 15) is 0 Å². The summed E-state index contributed by atoms with van der Waals surface area (Å²) in [4.78, 5) is 2.58. The standard InChI is InChI=1S/C13H19BrN2/c1-2-13(16-8-6-15-7-9-16)11-4-3-5-12(14)10-11/h3-5,10,13,15H,2,6-9H2,1H3/t13-/m0/s1. The Labute approximate surface area is 106 Å². The Hall–Kier alpha value is -0.380. The van der Waals surface area contributed by atoms with Crippen LogP contribution in [-0.4, -0.2) is 31.1 Å². The van der Waals surface area contributed by atoms with Crippen LogP contribution in [0.15, 0.2) is 28.7 Å². The van der Waals surface area contributed by atoms with Gasteiger partial charge < -0.3 is 5.32 Å². The van der Waals surface area contributed by atoms with E-state index in [-0.39, 0.29) is 0 Å². The first kappa shape index (κ1) is 12.1. The van der Waals surface area contributed by atoms with Gasteiger partial charge in [-0.1, -0.05) is 35.0 Å². The smallest absolute Gasteiger partial charge is 0.0346 e. The van der Waals surface area contributed by atoms with Crippen molar-refractivity contribution in [3.63, 3.8) is 0 Å². The molecule has 16 heavy (non-hydrogen) atoms. The SMILES string of the molecule is CC[C@@H](c1cccc(Br)c1)N1CCNCC1. The van der Waals surface area contributed by atoms with Gasteiger partial charge in [-0.25, -0.2) is 0 Å². The molecule has 1 saturated heterocycles. The van der Waals surface area contributed by atoms with Crippen LogP contribution in [0.3, 0.4) is 0 Å². The van der Waals surface area contributed by atoms with E-state index in [0.29, 0.717) is 6.04 Å². The summed E-state index contributed by atoms with van der Waals surface area (Å²) in [5.41, 5.74) is 1.43. The number of rotatable bonds is 3. The first-order chi connectivity index (χ1) is 7.81. The zero-order chi connectivity index (χ0) is 11.4. The number of nitrogens with zero attached hydrogens (tertiary/aromatic N) is 1. The van der Waals surface area contributed by atoms with Crippen LogP contribution < -0.4 is 5.32 Å². The summed E-state index contributed by atoms with van der Waals surface area (Å²) in [6.45, 7) is 6.82. The van der Waals surface area contributed by atoms with Crippen molar-refractivity contribution in [3.05, 3.63) is 34.3 Å². The molecule has 1 aliphatic heterocycles. The van der Waals surface area contributed by atoms with E-state index in [2.05, 4.69) is 57.3 Å². The van der Waals surface area contributed by atoms with Crippen LogP contribution in [0.5, 0.6) is 0 Å². The molecule has 2 rings (SSSR count). The van der Waals surface area contributed by atoms with Crippen molar-refractivity contribution < 1.29 is 0 Å². The van der Waals surface area contributed by atoms with Crippen LogP contribution in [0.25, 0.3) is 0 Å². The molecule has 2 nitrogen and oxygen atoms in total. The number of piperazine rings is 1. The molecule has 0 spiro atoms. The van der Waals surface area contributed by atoms with Crippen molar-refractivity contribution in [3.8, 4) is 0 Å². The second-order valence-electron chi connectivity index (χ2n) is 4.27. The fourth-order valence-corrected chi connectivity index (χ4v) is 2.83. The highest BCUT2D eigenvalue weighted by Gasteiger charge is 2.20. The zero-order valence-corrected chi connectivity index (χ0v) is 11.3. The molecule has 0 saturated carbocycles. The minimum Gasteiger partial charge on any atom is -0.314 e. The molecular weight excluding hydrogens is 264 g/mol. The van der Waals surface area contributed by atoms with E-state index < -0.39 is 0 Å². The number of hydrogen-bond donors (Lipinski definition) is 1. The lowest BCUT2D eigenvalue weighted by Gasteiger charge is -2.34. The molecule has 1 aromatic carbocycles. The Morgan fingerprint density at radius 1 is 1.38 bits per heavy atom. The molecule has 0 radical (unpaired) electrons. The number of benzene rings is 1. The van der Waals surface area contributed by atoms with Gasteiger partial charge in [0, 0.05) is 36.7 Å². The average molecular weight is 283 g/mol. The van der Waals surface area contributed by atoms with Gasteiger partial charge in [-0.2, -0.15) is 0 Å². The van der Waals surface area contributed by atoms with Gasteiger partial charge in [0.1, 0.15) is 0 Å². The molecule has 1 heterocycles. The largest absolute Gasteiger partial charge is 0.314 e. The second kappa shape index (κ2) is 5.80. The molecular formula is C13H19BrN2. The Bertz CT molecular complexity index is 334. The predicted octanol–water partition coefficient (Wildman–Crippen LogP) is 2.81. The molecule has 0 unspecified atom stereocenters. The van der Waals surface area contributed by atoms with Crippen LogP contribution in [0, 0.1) is 0 Å². The monoisotopic (exact) mass is 282 g/mol. The lowest BCUT2D eigenvalue weighted by molar-refractivity contribution is 0.169. The van der Waals surface area contributed by atoms with E-state index in [4.69, 9.17) is 0 Å². The fourth-order valence-electron chi connectivity index (χ4n) is 2.41. The van der Waals surface area contributed by atoms with E-state index >= 15 is 0 Å². The van der Waals surface area contributed by atoms with Crippen LogP contribution in [0.4, 0.5) is 0 Å². The number of hydrogen-bond acceptors (Lipinski definition) is 2. The van der Waals surface area contributed by atoms with Crippen molar-refractivity contribution in [2.75, 3.05) is 26.2 Å². The molecule has 88 valence electrons. The highest BCUT2D eigenvalue weighted by Crippen LogP contribution is 2.26. The lowest BCUT2D eigenvalue weighted by atomic mass is 10.0. The summed E-state index contributed by atoms with van der Waals surface area (Å²) in [7, 11) is 0. The van der Waals surface area contributed by atoms with Crippen LogP contribution in [-0.2, 0) is 0 Å². The highest BCUT2D eigenvalue weighted by molar-refractivity contribution is 9.10. The maximum atomic E-state index is 3.55. The molecule has 1 fully saturated rings. The van der Waals surface area contributed by atoms with Crippen molar-refractivity contribution in [2.24, 2.45) is 0 Å². The van der Waals surface area contributed by atoms with Gasteiger partial charge in [-0.3, -0.25) is 4.90 Å². The summed E-state index contributed by atoms with van der Waals surface area (Å²) in [6, 6.07) is 9.27. The third-order valence-corrected chi connectivity index (χ3v) is 3.71. The third kappa shape index (κ3) is 2.84. The first-order valence-electron chi connectivity index (χ1n) is 6.01. The van der Waals surface area contributed by atoms with Crippen LogP contribution in [0.1, 0.15) is 24.9 Å². The molecule has 1 atom stereocenters. The third-order valence-electron chi connectivity index (χ3n) is 3.21. The van der Waals surface area contributed by atoms with Crippen LogP contribution >= 0.6 is 15.9 Å². The molecule has 1 aromatic rings. The van der Waals surface area contributed by atoms with Crippen LogP contribution in [0.2, 0.25) is 0 Å². The van der Waals surface area contributed by atoms with Gasteiger partial charge in [-0.05, 0) is 24.1 Å². The van der Waals surface area contributed by atoms with Gasteiger partial charge in [-0.15, -0.1) is 0 Å². The minimum absolute atomic E-state index is 0.569. The number of halogens is 1. The zero-order valence-electron chi connectivity index (χ0n) is 9.75. The summed E-state index contributed by atoms with van der Waals surface area (Å²) in [5, 5.41) is 3.41. The van der Waals surface area contributed by atoms with E-state index in [1.165, 1.54) is 16.5 Å². The van der Waals surface area contributed by atoms with Gasteiger partial charge >= 0.3 is 0 Å². The Balaban J connectivity index is 2.14. The second-order valence-corrected chi connectivity index (χ2v) is 5.18. The Morgan fingerprint density at radius 3 is 2.75 bits per heavy atom. The topological polar surface area (TPSA) is 15.3 Å². The summed E-state index contributed by atoms with van der Waals surface area (Å²) >= 11 is 3.55. The fraction of sp³-hybridized carbons (Fsp3) is 0.538. The van der Waals surface area contributed by atoms with Gasteiger partial charge in [0.15, 0.2) is 0 Å². The van der Waals surface area contributed by atoms with Crippen molar-refractivity contribution in [1.29, 1.82) is 0 Å². The van der Waals surface area contributed by atoms with Gasteiger partial charge in [0.2, 0.25) is 0 Å². The normalized spacial score (nSPS) is 19.6. The predicted molar refractivity (Wildman–Crippen MR) is 71.6 cm³/mol. The van der Waals surface area contributed by atoms with E-state index in [0.717, 1.165) is 26.2 Å². The maximum Gasteiger partial charge on any atom is 0.0346 e. The number of nitrogens with one attached hydrogen (secondary N) is 1. The lowest BCUT2D eigenvalue weighted by Crippen LogP contribution is -2.45. The maximum absolute atomic E-state index is 3.55. The molecule has 3 heteroatoms. The van der Waals surface area contributed by atoms with Gasteiger partial charge in [0.05, 0.1) is 0 Å². The molecule has 1 N–H and O–H groups in total. The molecule has 0 amide bonds. The first-order valence-corrected chi connectivity index (χ1v) is 6.81. The Morgan fingerprint density at radius 2 is 2.12 bits per heavy atom. The summed E-state index contributed by atoms with van der Waals surface area (Å²) in [5.74, 6) is 0. The Kier molecular flexibility index (Phi) is 4.38. The minimum atomic E-state index is 0.569. The van der Waals surface area contributed by atoms with Crippen molar-refractivity contribution in [1.82, 2.24) is 10.2 Å². The van der Waals surface area contributed by atoms with Gasteiger partial charge in [0.25, 0.3) is 0 Å². The summed E-state index contributed by atoms with van der Waals surface area (Å²) in [6.07, 6.45) is 1.18. The molecule has 0 aliphatic carbocycles.